The molecule has 0 amide bonds. The van der Waals surface area contributed by atoms with Gasteiger partial charge in [-0.3, -0.25) is 4.98 Å². The average molecular weight is 365 g/mol. The van der Waals surface area contributed by atoms with E-state index >= 15 is 0 Å². The standard InChI is InChI=1S/C22H23NO2S/c24-19-10-1-2-11-20(19)25-18-9-3-6-16(14-18)15-26-21-12-4-7-17-8-5-13-23-22(17)21/h3-9,12-14,19-20,24H,1-2,10-11,15H2. The number of para-hydroxylation sites is 1. The lowest BCUT2D eigenvalue weighted by atomic mass is 9.95. The van der Waals surface area contributed by atoms with Crippen molar-refractivity contribution < 1.29 is 9.84 Å². The third-order valence-corrected chi connectivity index (χ3v) is 5.96. The smallest absolute Gasteiger partial charge is 0.124 e. The number of thioether (sulfide) groups is 1. The number of nitrogens with zero attached hydrogens (tertiary/aromatic N) is 1. The van der Waals surface area contributed by atoms with Crippen molar-refractivity contribution in [1.29, 1.82) is 0 Å². The van der Waals surface area contributed by atoms with E-state index in [0.717, 1.165) is 42.7 Å². The second-order valence-corrected chi connectivity index (χ2v) is 7.79. The topological polar surface area (TPSA) is 42.4 Å². The van der Waals surface area contributed by atoms with Gasteiger partial charge in [0.1, 0.15) is 11.9 Å². The van der Waals surface area contributed by atoms with Crippen LogP contribution in [0.25, 0.3) is 10.9 Å². The normalized spacial score (nSPS) is 20.2. The van der Waals surface area contributed by atoms with E-state index in [1.807, 2.05) is 24.4 Å². The molecule has 4 rings (SSSR count). The molecule has 1 aromatic heterocycles. The van der Waals surface area contributed by atoms with E-state index in [9.17, 15) is 5.11 Å². The van der Waals surface area contributed by atoms with Gasteiger partial charge in [-0.2, -0.15) is 0 Å². The van der Waals surface area contributed by atoms with Gasteiger partial charge < -0.3 is 9.84 Å². The molecule has 0 spiro atoms. The molecule has 1 aliphatic carbocycles. The summed E-state index contributed by atoms with van der Waals surface area (Å²) in [7, 11) is 0. The number of aliphatic hydroxyl groups excluding tert-OH is 1. The van der Waals surface area contributed by atoms with Gasteiger partial charge in [0, 0.05) is 22.2 Å². The molecule has 26 heavy (non-hydrogen) atoms. The molecule has 2 atom stereocenters. The second kappa shape index (κ2) is 8.11. The molecule has 2 unspecified atom stereocenters. The molecule has 1 saturated carbocycles. The molecule has 4 heteroatoms. The Balaban J connectivity index is 1.45. The molecule has 0 saturated heterocycles. The van der Waals surface area contributed by atoms with Crippen molar-refractivity contribution in [2.24, 2.45) is 0 Å². The van der Waals surface area contributed by atoms with Crippen molar-refractivity contribution in [2.75, 3.05) is 0 Å². The first kappa shape index (κ1) is 17.4. The van der Waals surface area contributed by atoms with Crippen LogP contribution in [0.5, 0.6) is 5.75 Å². The summed E-state index contributed by atoms with van der Waals surface area (Å²) in [5.41, 5.74) is 2.27. The number of hydrogen-bond acceptors (Lipinski definition) is 4. The summed E-state index contributed by atoms with van der Waals surface area (Å²) >= 11 is 1.79. The monoisotopic (exact) mass is 365 g/mol. The van der Waals surface area contributed by atoms with Gasteiger partial charge in [-0.1, -0.05) is 36.8 Å². The molecule has 1 heterocycles. The van der Waals surface area contributed by atoms with Crippen LogP contribution in [0.3, 0.4) is 0 Å². The van der Waals surface area contributed by atoms with Crippen LogP contribution in [-0.2, 0) is 5.75 Å². The van der Waals surface area contributed by atoms with Gasteiger partial charge in [-0.15, -0.1) is 11.8 Å². The summed E-state index contributed by atoms with van der Waals surface area (Å²) in [5.74, 6) is 1.71. The van der Waals surface area contributed by atoms with Crippen LogP contribution < -0.4 is 4.74 Å². The molecule has 0 radical (unpaired) electrons. The maximum atomic E-state index is 10.1. The third-order valence-electron chi connectivity index (χ3n) is 4.84. The number of ether oxygens (including phenoxy) is 1. The van der Waals surface area contributed by atoms with E-state index in [-0.39, 0.29) is 12.2 Å². The molecule has 1 fully saturated rings. The Morgan fingerprint density at radius 3 is 2.81 bits per heavy atom. The fourth-order valence-electron chi connectivity index (χ4n) is 3.45. The maximum absolute atomic E-state index is 10.1. The first-order valence-corrected chi connectivity index (χ1v) is 10.2. The first-order valence-electron chi connectivity index (χ1n) is 9.20. The number of rotatable bonds is 5. The summed E-state index contributed by atoms with van der Waals surface area (Å²) in [6, 6.07) is 18.6. The van der Waals surface area contributed by atoms with Gasteiger partial charge in [0.15, 0.2) is 0 Å². The molecule has 1 N–H and O–H groups in total. The predicted octanol–water partition coefficient (Wildman–Crippen LogP) is 5.21. The Labute approximate surface area is 158 Å². The third kappa shape index (κ3) is 4.02. The Bertz CT molecular complexity index is 877. The van der Waals surface area contributed by atoms with E-state index in [0.29, 0.717) is 0 Å². The zero-order chi connectivity index (χ0) is 17.8. The summed E-state index contributed by atoms with van der Waals surface area (Å²) < 4.78 is 6.06. The van der Waals surface area contributed by atoms with E-state index < -0.39 is 0 Å². The lowest BCUT2D eigenvalue weighted by Gasteiger charge is -2.28. The molecule has 1 aliphatic rings. The number of benzene rings is 2. The highest BCUT2D eigenvalue weighted by Gasteiger charge is 2.24. The van der Waals surface area contributed by atoms with Gasteiger partial charge in [0.05, 0.1) is 11.6 Å². The Morgan fingerprint density at radius 1 is 1.04 bits per heavy atom. The molecule has 0 aliphatic heterocycles. The van der Waals surface area contributed by atoms with Crippen molar-refractivity contribution in [1.82, 2.24) is 4.98 Å². The number of fused-ring (bicyclic) bond motifs is 1. The van der Waals surface area contributed by atoms with Crippen molar-refractivity contribution in [3.63, 3.8) is 0 Å². The minimum atomic E-state index is -0.344. The van der Waals surface area contributed by atoms with Crippen LogP contribution in [-0.4, -0.2) is 22.3 Å². The molecular formula is C22H23NO2S. The van der Waals surface area contributed by atoms with Gasteiger partial charge in [0.25, 0.3) is 0 Å². The van der Waals surface area contributed by atoms with Crippen molar-refractivity contribution >= 4 is 22.7 Å². The number of aliphatic hydroxyl groups is 1. The van der Waals surface area contributed by atoms with Gasteiger partial charge in [-0.05, 0) is 49.1 Å². The minimum Gasteiger partial charge on any atom is -0.488 e. The molecule has 0 bridgehead atoms. The Hall–Kier alpha value is -2.04. The number of pyridine rings is 1. The minimum absolute atomic E-state index is 0.0751. The maximum Gasteiger partial charge on any atom is 0.124 e. The van der Waals surface area contributed by atoms with Gasteiger partial charge in [0.2, 0.25) is 0 Å². The van der Waals surface area contributed by atoms with Crippen molar-refractivity contribution in [3.8, 4) is 5.75 Å². The van der Waals surface area contributed by atoms with E-state index in [4.69, 9.17) is 4.74 Å². The Morgan fingerprint density at radius 2 is 1.88 bits per heavy atom. The molecular weight excluding hydrogens is 342 g/mol. The highest BCUT2D eigenvalue weighted by Crippen LogP contribution is 2.30. The fraction of sp³-hybridized carbons (Fsp3) is 0.318. The summed E-state index contributed by atoms with van der Waals surface area (Å²) in [5, 5.41) is 11.3. The van der Waals surface area contributed by atoms with Crippen LogP contribution in [0, 0.1) is 0 Å². The quantitative estimate of drug-likeness (QED) is 0.630. The average Bonchev–Trinajstić information content (AvgIpc) is 2.68. The largest absolute Gasteiger partial charge is 0.488 e. The lowest BCUT2D eigenvalue weighted by molar-refractivity contribution is 0.00685. The molecule has 2 aromatic carbocycles. The molecule has 3 nitrogen and oxygen atoms in total. The van der Waals surface area contributed by atoms with Crippen LogP contribution in [0.15, 0.2) is 65.7 Å². The Kier molecular flexibility index (Phi) is 5.42. The van der Waals surface area contributed by atoms with Gasteiger partial charge in [-0.25, -0.2) is 0 Å². The summed E-state index contributed by atoms with van der Waals surface area (Å²) in [4.78, 5) is 5.72. The van der Waals surface area contributed by atoms with E-state index in [1.54, 1.807) is 11.8 Å². The highest BCUT2D eigenvalue weighted by molar-refractivity contribution is 7.98. The van der Waals surface area contributed by atoms with Crippen LogP contribution >= 0.6 is 11.8 Å². The number of hydrogen-bond donors (Lipinski definition) is 1. The van der Waals surface area contributed by atoms with E-state index in [1.165, 1.54) is 15.8 Å². The molecule has 134 valence electrons. The zero-order valence-electron chi connectivity index (χ0n) is 14.7. The van der Waals surface area contributed by atoms with Crippen LogP contribution in [0.4, 0.5) is 0 Å². The van der Waals surface area contributed by atoms with E-state index in [2.05, 4.69) is 41.4 Å². The highest BCUT2D eigenvalue weighted by atomic mass is 32.2. The van der Waals surface area contributed by atoms with Gasteiger partial charge >= 0.3 is 0 Å². The van der Waals surface area contributed by atoms with Crippen molar-refractivity contribution in [2.45, 2.75) is 48.5 Å². The van der Waals surface area contributed by atoms with Crippen LogP contribution in [0.2, 0.25) is 0 Å². The van der Waals surface area contributed by atoms with Crippen LogP contribution in [0.1, 0.15) is 31.2 Å². The molecule has 3 aromatic rings. The second-order valence-electron chi connectivity index (χ2n) is 6.78. The summed E-state index contributed by atoms with van der Waals surface area (Å²) in [6.07, 6.45) is 5.42. The lowest BCUT2D eigenvalue weighted by Crippen LogP contribution is -2.34. The predicted molar refractivity (Wildman–Crippen MR) is 107 cm³/mol. The number of aromatic nitrogens is 1. The van der Waals surface area contributed by atoms with Crippen molar-refractivity contribution in [3.05, 3.63) is 66.4 Å². The fourth-order valence-corrected chi connectivity index (χ4v) is 4.44. The first-order chi connectivity index (χ1) is 12.8. The summed E-state index contributed by atoms with van der Waals surface area (Å²) in [6.45, 7) is 0. The zero-order valence-corrected chi connectivity index (χ0v) is 15.5. The SMILES string of the molecule is OC1CCCCC1Oc1cccc(CSc2cccc3cccnc23)c1.